The third kappa shape index (κ3) is 2.02. The normalized spacial score (nSPS) is 15.6. The molecule has 72 valence electrons. The molecular formula is C11H12N2O. The van der Waals surface area contributed by atoms with Gasteiger partial charge in [-0.25, -0.2) is 4.98 Å². The average molecular weight is 188 g/mol. The number of ether oxygens (including phenoxy) is 1. The number of nitrogens with zero attached hydrogens (tertiary/aromatic N) is 2. The van der Waals surface area contributed by atoms with Crippen molar-refractivity contribution in [2.75, 3.05) is 6.61 Å². The highest BCUT2D eigenvalue weighted by Crippen LogP contribution is 2.26. The highest BCUT2D eigenvalue weighted by molar-refractivity contribution is 5.24. The fourth-order valence-electron chi connectivity index (χ4n) is 1.42. The lowest BCUT2D eigenvalue weighted by Crippen LogP contribution is -2.19. The van der Waals surface area contributed by atoms with Crippen LogP contribution in [0.15, 0.2) is 18.2 Å². The Bertz CT molecular complexity index is 353. The summed E-state index contributed by atoms with van der Waals surface area (Å²) < 4.78 is 5.49. The molecule has 1 aromatic rings. The van der Waals surface area contributed by atoms with E-state index in [4.69, 9.17) is 10.00 Å². The number of nitriles is 1. The number of hydrogen-bond acceptors (Lipinski definition) is 3. The molecule has 14 heavy (non-hydrogen) atoms. The van der Waals surface area contributed by atoms with E-state index in [1.807, 2.05) is 6.07 Å². The monoisotopic (exact) mass is 188 g/mol. The van der Waals surface area contributed by atoms with Crippen molar-refractivity contribution in [1.82, 2.24) is 4.98 Å². The number of rotatable bonds is 3. The highest BCUT2D eigenvalue weighted by atomic mass is 16.5. The maximum absolute atomic E-state index is 8.63. The summed E-state index contributed by atoms with van der Waals surface area (Å²) in [5.41, 5.74) is 0.413. The standard InChI is InChI=1S/C11H12N2O/c12-7-10-5-2-6-11(13-10)14-8-9-3-1-4-9/h2,5-6,9H,1,3-4,8H2. The molecule has 0 aliphatic heterocycles. The fraction of sp³-hybridized carbons (Fsp3) is 0.455. The van der Waals surface area contributed by atoms with Crippen molar-refractivity contribution in [3.8, 4) is 11.9 Å². The average Bonchev–Trinajstić information content (AvgIpc) is 2.16. The van der Waals surface area contributed by atoms with Crippen molar-refractivity contribution < 1.29 is 4.74 Å². The van der Waals surface area contributed by atoms with Gasteiger partial charge in [-0.05, 0) is 24.8 Å². The lowest BCUT2D eigenvalue weighted by molar-refractivity contribution is 0.175. The molecule has 0 aromatic carbocycles. The van der Waals surface area contributed by atoms with Crippen molar-refractivity contribution in [1.29, 1.82) is 5.26 Å². The molecule has 1 aromatic heterocycles. The van der Waals surface area contributed by atoms with Crippen LogP contribution >= 0.6 is 0 Å². The summed E-state index contributed by atoms with van der Waals surface area (Å²) in [5, 5.41) is 8.63. The van der Waals surface area contributed by atoms with E-state index in [2.05, 4.69) is 4.98 Å². The van der Waals surface area contributed by atoms with Gasteiger partial charge in [-0.15, -0.1) is 0 Å². The summed E-state index contributed by atoms with van der Waals surface area (Å²) in [6.45, 7) is 0.738. The quantitative estimate of drug-likeness (QED) is 0.730. The predicted molar refractivity (Wildman–Crippen MR) is 51.8 cm³/mol. The highest BCUT2D eigenvalue weighted by Gasteiger charge is 2.17. The van der Waals surface area contributed by atoms with Crippen LogP contribution in [0.2, 0.25) is 0 Å². The molecule has 0 radical (unpaired) electrons. The zero-order chi connectivity index (χ0) is 9.80. The molecule has 1 heterocycles. The summed E-state index contributed by atoms with van der Waals surface area (Å²) in [4.78, 5) is 4.04. The molecule has 1 aliphatic carbocycles. The second kappa shape index (κ2) is 4.10. The van der Waals surface area contributed by atoms with Gasteiger partial charge in [0, 0.05) is 6.07 Å². The van der Waals surface area contributed by atoms with Gasteiger partial charge >= 0.3 is 0 Å². The van der Waals surface area contributed by atoms with E-state index in [1.54, 1.807) is 18.2 Å². The Hall–Kier alpha value is -1.56. The molecule has 0 bridgehead atoms. The first-order valence-corrected chi connectivity index (χ1v) is 4.88. The third-order valence-electron chi connectivity index (χ3n) is 2.53. The maximum Gasteiger partial charge on any atom is 0.214 e. The van der Waals surface area contributed by atoms with Crippen LogP contribution in [0.5, 0.6) is 5.88 Å². The van der Waals surface area contributed by atoms with Gasteiger partial charge in [-0.1, -0.05) is 12.5 Å². The fourth-order valence-corrected chi connectivity index (χ4v) is 1.42. The lowest BCUT2D eigenvalue weighted by Gasteiger charge is -2.24. The van der Waals surface area contributed by atoms with Gasteiger partial charge in [0.15, 0.2) is 0 Å². The second-order valence-corrected chi connectivity index (χ2v) is 3.58. The van der Waals surface area contributed by atoms with E-state index < -0.39 is 0 Å². The van der Waals surface area contributed by atoms with Gasteiger partial charge < -0.3 is 4.74 Å². The van der Waals surface area contributed by atoms with Crippen molar-refractivity contribution >= 4 is 0 Å². The molecule has 3 heteroatoms. The van der Waals surface area contributed by atoms with Crippen molar-refractivity contribution in [3.63, 3.8) is 0 Å². The summed E-state index contributed by atoms with van der Waals surface area (Å²) >= 11 is 0. The Morgan fingerprint density at radius 1 is 1.50 bits per heavy atom. The molecule has 0 amide bonds. The van der Waals surface area contributed by atoms with E-state index in [-0.39, 0.29) is 0 Å². The Kier molecular flexibility index (Phi) is 2.64. The van der Waals surface area contributed by atoms with Gasteiger partial charge in [0.25, 0.3) is 0 Å². The minimum Gasteiger partial charge on any atom is -0.477 e. The molecule has 0 atom stereocenters. The van der Waals surface area contributed by atoms with Crippen LogP contribution in [0.1, 0.15) is 25.0 Å². The van der Waals surface area contributed by atoms with Crippen LogP contribution < -0.4 is 4.74 Å². The molecule has 2 rings (SSSR count). The van der Waals surface area contributed by atoms with Gasteiger partial charge in [-0.2, -0.15) is 5.26 Å². The van der Waals surface area contributed by atoms with Crippen molar-refractivity contribution in [3.05, 3.63) is 23.9 Å². The minimum atomic E-state index is 0.413. The molecule has 0 N–H and O–H groups in total. The Labute approximate surface area is 83.3 Å². The minimum absolute atomic E-state index is 0.413. The SMILES string of the molecule is N#Cc1cccc(OCC2CCC2)n1. The van der Waals surface area contributed by atoms with Crippen molar-refractivity contribution in [2.45, 2.75) is 19.3 Å². The molecule has 1 fully saturated rings. The molecule has 0 saturated heterocycles. The molecule has 1 saturated carbocycles. The number of aromatic nitrogens is 1. The first-order chi connectivity index (χ1) is 6.88. The summed E-state index contributed by atoms with van der Waals surface area (Å²) in [6.07, 6.45) is 3.84. The van der Waals surface area contributed by atoms with Gasteiger partial charge in [0.05, 0.1) is 6.61 Å². The summed E-state index contributed by atoms with van der Waals surface area (Å²) in [7, 11) is 0. The van der Waals surface area contributed by atoms with Gasteiger partial charge in [-0.3, -0.25) is 0 Å². The van der Waals surface area contributed by atoms with E-state index in [9.17, 15) is 0 Å². The van der Waals surface area contributed by atoms with Crippen LogP contribution in [0.25, 0.3) is 0 Å². The zero-order valence-corrected chi connectivity index (χ0v) is 7.94. The largest absolute Gasteiger partial charge is 0.477 e. The van der Waals surface area contributed by atoms with E-state index in [0.29, 0.717) is 17.5 Å². The first-order valence-electron chi connectivity index (χ1n) is 4.88. The first kappa shape index (κ1) is 9.01. The number of hydrogen-bond donors (Lipinski definition) is 0. The number of pyridine rings is 1. The Morgan fingerprint density at radius 2 is 2.36 bits per heavy atom. The molecule has 3 nitrogen and oxygen atoms in total. The maximum atomic E-state index is 8.63. The van der Waals surface area contributed by atoms with Crippen LogP contribution in [0.4, 0.5) is 0 Å². The topological polar surface area (TPSA) is 45.9 Å². The Balaban J connectivity index is 1.91. The molecular weight excluding hydrogens is 176 g/mol. The van der Waals surface area contributed by atoms with Crippen LogP contribution in [-0.4, -0.2) is 11.6 Å². The van der Waals surface area contributed by atoms with Crippen LogP contribution in [0, 0.1) is 17.2 Å². The van der Waals surface area contributed by atoms with Gasteiger partial charge in [0.1, 0.15) is 11.8 Å². The molecule has 0 unspecified atom stereocenters. The van der Waals surface area contributed by atoms with Crippen molar-refractivity contribution in [2.24, 2.45) is 5.92 Å². The zero-order valence-electron chi connectivity index (χ0n) is 7.94. The van der Waals surface area contributed by atoms with Crippen LogP contribution in [-0.2, 0) is 0 Å². The Morgan fingerprint density at radius 3 is 3.00 bits per heavy atom. The van der Waals surface area contributed by atoms with Crippen LogP contribution in [0.3, 0.4) is 0 Å². The second-order valence-electron chi connectivity index (χ2n) is 3.58. The summed E-state index contributed by atoms with van der Waals surface area (Å²) in [6, 6.07) is 7.25. The lowest BCUT2D eigenvalue weighted by atomic mass is 9.86. The smallest absolute Gasteiger partial charge is 0.214 e. The predicted octanol–water partition coefficient (Wildman–Crippen LogP) is 2.13. The third-order valence-corrected chi connectivity index (χ3v) is 2.53. The molecule has 1 aliphatic rings. The van der Waals surface area contributed by atoms with E-state index in [0.717, 1.165) is 6.61 Å². The van der Waals surface area contributed by atoms with E-state index in [1.165, 1.54) is 19.3 Å². The summed E-state index contributed by atoms with van der Waals surface area (Å²) in [5.74, 6) is 1.26. The van der Waals surface area contributed by atoms with E-state index >= 15 is 0 Å². The molecule has 0 spiro atoms. The van der Waals surface area contributed by atoms with Gasteiger partial charge in [0.2, 0.25) is 5.88 Å².